The molecule has 1 saturated carbocycles. The van der Waals surface area contributed by atoms with Crippen molar-refractivity contribution in [1.29, 1.82) is 0 Å². The van der Waals surface area contributed by atoms with Crippen LogP contribution in [0.4, 0.5) is 4.39 Å². The Morgan fingerprint density at radius 2 is 2.00 bits per heavy atom. The quantitative estimate of drug-likeness (QED) is 0.840. The third kappa shape index (κ3) is 3.79. The van der Waals surface area contributed by atoms with Crippen LogP contribution in [-0.2, 0) is 6.54 Å². The van der Waals surface area contributed by atoms with Gasteiger partial charge in [0.2, 0.25) is 0 Å². The molecule has 3 nitrogen and oxygen atoms in total. The molecule has 0 aromatic heterocycles. The lowest BCUT2D eigenvalue weighted by Crippen LogP contribution is -2.34. The highest BCUT2D eigenvalue weighted by Gasteiger charge is 2.31. The maximum atomic E-state index is 14.6. The van der Waals surface area contributed by atoms with Crippen LogP contribution in [-0.4, -0.2) is 30.6 Å². The number of halogens is 1. The average Bonchev–Trinajstić information content (AvgIpc) is 2.98. The van der Waals surface area contributed by atoms with E-state index in [0.29, 0.717) is 18.2 Å². The van der Waals surface area contributed by atoms with Crippen LogP contribution in [0.2, 0.25) is 0 Å². The lowest BCUT2D eigenvalue weighted by Gasteiger charge is -2.35. The maximum absolute atomic E-state index is 14.6. The fourth-order valence-corrected chi connectivity index (χ4v) is 3.54. The summed E-state index contributed by atoms with van der Waals surface area (Å²) in [5.74, 6) is 0.975. The summed E-state index contributed by atoms with van der Waals surface area (Å²) in [4.78, 5) is 2.31. The molecule has 3 rings (SSSR count). The number of likely N-dealkylation sites (tertiary alicyclic amines) is 1. The average molecular weight is 306 g/mol. The van der Waals surface area contributed by atoms with Gasteiger partial charge in [0.05, 0.1) is 6.10 Å². The van der Waals surface area contributed by atoms with Gasteiger partial charge >= 0.3 is 0 Å². The molecule has 1 aromatic rings. The minimum absolute atomic E-state index is 0.167. The van der Waals surface area contributed by atoms with Gasteiger partial charge in [-0.25, -0.2) is 4.39 Å². The third-order valence-corrected chi connectivity index (χ3v) is 4.94. The molecule has 0 atom stereocenters. The summed E-state index contributed by atoms with van der Waals surface area (Å²) in [7, 11) is 0. The number of nitrogens with two attached hydrogens (primary N) is 1. The molecule has 0 unspecified atom stereocenters. The fraction of sp³-hybridized carbons (Fsp3) is 0.667. The molecule has 0 bridgehead atoms. The first kappa shape index (κ1) is 15.8. The smallest absolute Gasteiger partial charge is 0.169 e. The van der Waals surface area contributed by atoms with Crippen molar-refractivity contribution in [2.75, 3.05) is 19.6 Å². The highest BCUT2D eigenvalue weighted by atomic mass is 19.1. The van der Waals surface area contributed by atoms with E-state index in [1.165, 1.54) is 19.3 Å². The van der Waals surface area contributed by atoms with E-state index in [2.05, 4.69) is 4.90 Å². The monoisotopic (exact) mass is 306 g/mol. The summed E-state index contributed by atoms with van der Waals surface area (Å²) in [6.07, 6.45) is 6.96. The van der Waals surface area contributed by atoms with E-state index < -0.39 is 0 Å². The van der Waals surface area contributed by atoms with Gasteiger partial charge in [-0.1, -0.05) is 12.1 Å². The molecule has 1 aliphatic carbocycles. The molecule has 0 spiro atoms. The van der Waals surface area contributed by atoms with Gasteiger partial charge in [0, 0.05) is 12.1 Å². The van der Waals surface area contributed by atoms with Crippen molar-refractivity contribution in [2.45, 2.75) is 51.2 Å². The second kappa shape index (κ2) is 7.42. The van der Waals surface area contributed by atoms with Gasteiger partial charge in [0.25, 0.3) is 0 Å². The zero-order valence-electron chi connectivity index (χ0n) is 13.3. The predicted octanol–water partition coefficient (Wildman–Crippen LogP) is 3.32. The summed E-state index contributed by atoms with van der Waals surface area (Å²) < 4.78 is 20.5. The Hall–Kier alpha value is -1.13. The van der Waals surface area contributed by atoms with Crippen LogP contribution in [0.5, 0.6) is 5.75 Å². The van der Waals surface area contributed by atoms with Crippen molar-refractivity contribution in [3.8, 4) is 5.75 Å². The highest BCUT2D eigenvalue weighted by Crippen LogP contribution is 2.35. The second-order valence-electron chi connectivity index (χ2n) is 6.72. The van der Waals surface area contributed by atoms with Crippen LogP contribution in [0.3, 0.4) is 0 Å². The molecule has 4 heteroatoms. The standard InChI is InChI=1S/C18H27FN2O/c19-18-15(13-21-9-1-2-10-21)6-3-7-17(18)22-16-11-14(12-16)5-4-8-20/h3,6-7,14,16H,1-2,4-5,8-13,20H2. The van der Waals surface area contributed by atoms with Gasteiger partial charge in [-0.05, 0) is 70.1 Å². The Kier molecular flexibility index (Phi) is 5.32. The summed E-state index contributed by atoms with van der Waals surface area (Å²) in [6, 6.07) is 5.55. The Labute approximate surface area is 132 Å². The topological polar surface area (TPSA) is 38.5 Å². The first-order chi connectivity index (χ1) is 10.8. The number of benzene rings is 1. The van der Waals surface area contributed by atoms with E-state index >= 15 is 0 Å². The zero-order valence-corrected chi connectivity index (χ0v) is 13.3. The first-order valence-electron chi connectivity index (χ1n) is 8.62. The van der Waals surface area contributed by atoms with Crippen molar-refractivity contribution < 1.29 is 9.13 Å². The number of hydrogen-bond acceptors (Lipinski definition) is 3. The largest absolute Gasteiger partial charge is 0.487 e. The molecule has 1 aromatic carbocycles. The van der Waals surface area contributed by atoms with Crippen LogP contribution in [0.15, 0.2) is 18.2 Å². The van der Waals surface area contributed by atoms with E-state index in [4.69, 9.17) is 10.5 Å². The predicted molar refractivity (Wildman–Crippen MR) is 86.3 cm³/mol. The molecule has 22 heavy (non-hydrogen) atoms. The molecule has 0 radical (unpaired) electrons. The zero-order chi connectivity index (χ0) is 15.4. The Balaban J connectivity index is 1.53. The van der Waals surface area contributed by atoms with Crippen LogP contribution < -0.4 is 10.5 Å². The van der Waals surface area contributed by atoms with Crippen LogP contribution in [0.25, 0.3) is 0 Å². The Morgan fingerprint density at radius 1 is 1.23 bits per heavy atom. The number of ether oxygens (including phenoxy) is 1. The lowest BCUT2D eigenvalue weighted by molar-refractivity contribution is 0.0563. The van der Waals surface area contributed by atoms with E-state index in [1.807, 2.05) is 12.1 Å². The molecule has 122 valence electrons. The molecular weight excluding hydrogens is 279 g/mol. The summed E-state index contributed by atoms with van der Waals surface area (Å²) >= 11 is 0. The molecule has 2 aliphatic rings. The van der Waals surface area contributed by atoms with Gasteiger partial charge in [-0.3, -0.25) is 4.90 Å². The number of rotatable bonds is 7. The molecule has 2 fully saturated rings. The fourth-order valence-electron chi connectivity index (χ4n) is 3.54. The summed E-state index contributed by atoms with van der Waals surface area (Å²) in [5, 5.41) is 0. The minimum Gasteiger partial charge on any atom is -0.487 e. The van der Waals surface area contributed by atoms with Crippen molar-refractivity contribution >= 4 is 0 Å². The molecular formula is C18H27FN2O. The molecule has 0 amide bonds. The SMILES string of the molecule is NCCCC1CC(Oc2cccc(CN3CCCC3)c2F)C1. The summed E-state index contributed by atoms with van der Waals surface area (Å²) in [6.45, 7) is 3.62. The van der Waals surface area contributed by atoms with Crippen LogP contribution >= 0.6 is 0 Å². The van der Waals surface area contributed by atoms with Crippen LogP contribution in [0.1, 0.15) is 44.1 Å². The number of nitrogens with zero attached hydrogens (tertiary/aromatic N) is 1. The molecule has 1 heterocycles. The third-order valence-electron chi connectivity index (χ3n) is 4.94. The maximum Gasteiger partial charge on any atom is 0.169 e. The first-order valence-corrected chi connectivity index (χ1v) is 8.62. The Morgan fingerprint density at radius 3 is 2.73 bits per heavy atom. The number of hydrogen-bond donors (Lipinski definition) is 1. The van der Waals surface area contributed by atoms with Crippen molar-refractivity contribution in [3.63, 3.8) is 0 Å². The van der Waals surface area contributed by atoms with Gasteiger partial charge in [-0.2, -0.15) is 0 Å². The van der Waals surface area contributed by atoms with Crippen molar-refractivity contribution in [3.05, 3.63) is 29.6 Å². The van der Waals surface area contributed by atoms with Crippen molar-refractivity contribution in [2.24, 2.45) is 11.7 Å². The van der Waals surface area contributed by atoms with E-state index in [9.17, 15) is 4.39 Å². The molecule has 2 N–H and O–H groups in total. The van der Waals surface area contributed by atoms with Gasteiger partial charge < -0.3 is 10.5 Å². The lowest BCUT2D eigenvalue weighted by atomic mass is 9.79. The highest BCUT2D eigenvalue weighted by molar-refractivity contribution is 5.31. The molecule has 1 saturated heterocycles. The van der Waals surface area contributed by atoms with Gasteiger partial charge in [0.1, 0.15) is 0 Å². The molecule has 1 aliphatic heterocycles. The van der Waals surface area contributed by atoms with Gasteiger partial charge in [0.15, 0.2) is 11.6 Å². The normalized spacial score (nSPS) is 25.2. The van der Waals surface area contributed by atoms with Gasteiger partial charge in [-0.15, -0.1) is 0 Å². The second-order valence-corrected chi connectivity index (χ2v) is 6.72. The minimum atomic E-state index is -0.167. The van der Waals surface area contributed by atoms with Crippen LogP contribution in [0, 0.1) is 11.7 Å². The van der Waals surface area contributed by atoms with E-state index in [0.717, 1.165) is 44.5 Å². The van der Waals surface area contributed by atoms with Crippen molar-refractivity contribution in [1.82, 2.24) is 4.90 Å². The van der Waals surface area contributed by atoms with E-state index in [-0.39, 0.29) is 11.9 Å². The van der Waals surface area contributed by atoms with E-state index in [1.54, 1.807) is 6.07 Å². The summed E-state index contributed by atoms with van der Waals surface area (Å²) in [5.41, 5.74) is 6.29. The Bertz CT molecular complexity index is 482.